The van der Waals surface area contributed by atoms with Crippen molar-refractivity contribution in [2.45, 2.75) is 13.1 Å². The monoisotopic (exact) mass is 220 g/mol. The quantitative estimate of drug-likeness (QED) is 0.841. The van der Waals surface area contributed by atoms with E-state index in [1.807, 2.05) is 13.1 Å². The Kier molecular flexibility index (Phi) is 3.26. The minimum atomic E-state index is -0.213. The lowest BCUT2D eigenvalue weighted by Gasteiger charge is -2.06. The molecule has 0 aliphatic rings. The van der Waals surface area contributed by atoms with Gasteiger partial charge in [-0.15, -0.1) is 0 Å². The Morgan fingerprint density at radius 1 is 1.44 bits per heavy atom. The van der Waals surface area contributed by atoms with E-state index in [1.165, 1.54) is 12.4 Å². The van der Waals surface area contributed by atoms with Crippen LogP contribution in [-0.2, 0) is 13.1 Å². The molecular formula is C11H13FN4. The number of nitrogens with zero attached hydrogens (tertiary/aromatic N) is 3. The van der Waals surface area contributed by atoms with Gasteiger partial charge in [-0.2, -0.15) is 5.10 Å². The zero-order valence-electron chi connectivity index (χ0n) is 9.02. The van der Waals surface area contributed by atoms with Crippen molar-refractivity contribution < 1.29 is 4.39 Å². The van der Waals surface area contributed by atoms with Crippen LogP contribution in [0, 0.1) is 5.82 Å². The number of nitrogens with one attached hydrogen (secondary N) is 1. The third-order valence-corrected chi connectivity index (χ3v) is 2.29. The summed E-state index contributed by atoms with van der Waals surface area (Å²) in [5, 5.41) is 6.98. The third-order valence-electron chi connectivity index (χ3n) is 2.29. The van der Waals surface area contributed by atoms with Gasteiger partial charge in [0.25, 0.3) is 0 Å². The van der Waals surface area contributed by atoms with E-state index in [-0.39, 0.29) is 5.82 Å². The molecule has 0 fully saturated rings. The first-order valence-corrected chi connectivity index (χ1v) is 5.04. The van der Waals surface area contributed by atoms with E-state index < -0.39 is 0 Å². The number of benzene rings is 1. The molecule has 16 heavy (non-hydrogen) atoms. The lowest BCUT2D eigenvalue weighted by Crippen LogP contribution is -2.07. The van der Waals surface area contributed by atoms with Gasteiger partial charge in [0.2, 0.25) is 0 Å². The normalized spacial score (nSPS) is 10.6. The molecule has 0 bridgehead atoms. The van der Waals surface area contributed by atoms with Crippen LogP contribution in [0.25, 0.3) is 0 Å². The molecule has 84 valence electrons. The molecule has 0 atom stereocenters. The molecule has 0 aliphatic carbocycles. The van der Waals surface area contributed by atoms with Crippen molar-refractivity contribution in [3.8, 4) is 0 Å². The first-order valence-electron chi connectivity index (χ1n) is 5.04. The van der Waals surface area contributed by atoms with Crippen LogP contribution in [0.2, 0.25) is 0 Å². The summed E-state index contributed by atoms with van der Waals surface area (Å²) in [6.07, 6.45) is 3.01. The molecule has 0 radical (unpaired) electrons. The third kappa shape index (κ3) is 2.43. The van der Waals surface area contributed by atoms with E-state index in [0.29, 0.717) is 12.1 Å². The lowest BCUT2D eigenvalue weighted by atomic mass is 10.1. The summed E-state index contributed by atoms with van der Waals surface area (Å²) in [5.74, 6) is -0.213. The SMILES string of the molecule is CNCc1ccc(F)c(Cn2cncn2)c1. The molecule has 0 saturated carbocycles. The van der Waals surface area contributed by atoms with Crippen LogP contribution >= 0.6 is 0 Å². The van der Waals surface area contributed by atoms with Gasteiger partial charge in [0.1, 0.15) is 18.5 Å². The second kappa shape index (κ2) is 4.85. The van der Waals surface area contributed by atoms with Crippen molar-refractivity contribution in [2.24, 2.45) is 0 Å². The summed E-state index contributed by atoms with van der Waals surface area (Å²) in [7, 11) is 1.86. The van der Waals surface area contributed by atoms with Crippen LogP contribution in [0.15, 0.2) is 30.9 Å². The molecule has 0 spiro atoms. The summed E-state index contributed by atoms with van der Waals surface area (Å²) in [6, 6.07) is 5.10. The average Bonchev–Trinajstić information content (AvgIpc) is 2.76. The fourth-order valence-corrected chi connectivity index (χ4v) is 1.55. The molecular weight excluding hydrogens is 207 g/mol. The summed E-state index contributed by atoms with van der Waals surface area (Å²) in [5.41, 5.74) is 1.68. The average molecular weight is 220 g/mol. The topological polar surface area (TPSA) is 42.7 Å². The van der Waals surface area contributed by atoms with Crippen LogP contribution in [0.1, 0.15) is 11.1 Å². The van der Waals surface area contributed by atoms with E-state index in [2.05, 4.69) is 15.4 Å². The molecule has 0 unspecified atom stereocenters. The molecule has 5 heteroatoms. The minimum Gasteiger partial charge on any atom is -0.316 e. The fraction of sp³-hybridized carbons (Fsp3) is 0.273. The van der Waals surface area contributed by atoms with Crippen molar-refractivity contribution in [3.63, 3.8) is 0 Å². The van der Waals surface area contributed by atoms with E-state index >= 15 is 0 Å². The fourth-order valence-electron chi connectivity index (χ4n) is 1.55. The van der Waals surface area contributed by atoms with Gasteiger partial charge in [-0.3, -0.25) is 0 Å². The Bertz CT molecular complexity index is 453. The van der Waals surface area contributed by atoms with Gasteiger partial charge in [0, 0.05) is 12.1 Å². The standard InChI is InChI=1S/C11H13FN4/c1-13-5-9-2-3-11(12)10(4-9)6-16-8-14-7-15-16/h2-4,7-8,13H,5-6H2,1H3. The van der Waals surface area contributed by atoms with E-state index in [4.69, 9.17) is 0 Å². The van der Waals surface area contributed by atoms with Gasteiger partial charge in [0.15, 0.2) is 0 Å². The maximum atomic E-state index is 13.5. The molecule has 0 amide bonds. The van der Waals surface area contributed by atoms with Crippen molar-refractivity contribution in [3.05, 3.63) is 47.8 Å². The Labute approximate surface area is 93.1 Å². The van der Waals surface area contributed by atoms with E-state index in [1.54, 1.807) is 17.1 Å². The molecule has 2 rings (SSSR count). The number of hydrogen-bond acceptors (Lipinski definition) is 3. The highest BCUT2D eigenvalue weighted by Gasteiger charge is 2.04. The van der Waals surface area contributed by atoms with E-state index in [0.717, 1.165) is 12.1 Å². The second-order valence-electron chi connectivity index (χ2n) is 3.55. The zero-order chi connectivity index (χ0) is 11.4. The second-order valence-corrected chi connectivity index (χ2v) is 3.55. The molecule has 1 aromatic carbocycles. The van der Waals surface area contributed by atoms with Gasteiger partial charge in [0.05, 0.1) is 6.54 Å². The molecule has 0 saturated heterocycles. The largest absolute Gasteiger partial charge is 0.316 e. The predicted octanol–water partition coefficient (Wildman–Crippen LogP) is 1.18. The summed E-state index contributed by atoms with van der Waals surface area (Å²) < 4.78 is 15.1. The molecule has 1 heterocycles. The Hall–Kier alpha value is -1.75. The highest BCUT2D eigenvalue weighted by molar-refractivity contribution is 5.25. The molecule has 4 nitrogen and oxygen atoms in total. The molecule has 2 aromatic rings. The maximum absolute atomic E-state index is 13.5. The Balaban J connectivity index is 2.21. The minimum absolute atomic E-state index is 0.213. The molecule has 0 aliphatic heterocycles. The summed E-state index contributed by atoms with van der Waals surface area (Å²) in [4.78, 5) is 3.82. The van der Waals surface area contributed by atoms with Gasteiger partial charge in [-0.05, 0) is 24.7 Å². The number of hydrogen-bond donors (Lipinski definition) is 1. The van der Waals surface area contributed by atoms with Crippen molar-refractivity contribution in [2.75, 3.05) is 7.05 Å². The molecule has 1 aromatic heterocycles. The van der Waals surface area contributed by atoms with Crippen LogP contribution in [0.5, 0.6) is 0 Å². The van der Waals surface area contributed by atoms with Crippen LogP contribution in [0.3, 0.4) is 0 Å². The van der Waals surface area contributed by atoms with Crippen LogP contribution < -0.4 is 5.32 Å². The summed E-state index contributed by atoms with van der Waals surface area (Å²) in [6.45, 7) is 1.13. The highest BCUT2D eigenvalue weighted by Crippen LogP contribution is 2.11. The Morgan fingerprint density at radius 3 is 3.00 bits per heavy atom. The van der Waals surface area contributed by atoms with Gasteiger partial charge >= 0.3 is 0 Å². The Morgan fingerprint density at radius 2 is 2.31 bits per heavy atom. The van der Waals surface area contributed by atoms with Gasteiger partial charge < -0.3 is 5.32 Å². The van der Waals surface area contributed by atoms with Crippen molar-refractivity contribution in [1.29, 1.82) is 0 Å². The predicted molar refractivity (Wildman–Crippen MR) is 58.3 cm³/mol. The number of rotatable bonds is 4. The van der Waals surface area contributed by atoms with Crippen LogP contribution in [0.4, 0.5) is 4.39 Å². The smallest absolute Gasteiger partial charge is 0.137 e. The number of aromatic nitrogens is 3. The van der Waals surface area contributed by atoms with Gasteiger partial charge in [-0.1, -0.05) is 6.07 Å². The van der Waals surface area contributed by atoms with E-state index in [9.17, 15) is 4.39 Å². The first-order chi connectivity index (χ1) is 7.79. The van der Waals surface area contributed by atoms with Gasteiger partial charge in [-0.25, -0.2) is 14.1 Å². The zero-order valence-corrected chi connectivity index (χ0v) is 9.02. The van der Waals surface area contributed by atoms with Crippen LogP contribution in [-0.4, -0.2) is 21.8 Å². The lowest BCUT2D eigenvalue weighted by molar-refractivity contribution is 0.583. The number of halogens is 1. The maximum Gasteiger partial charge on any atom is 0.137 e. The first kappa shape index (κ1) is 10.8. The molecule has 1 N–H and O–H groups in total. The summed E-state index contributed by atoms with van der Waals surface area (Å²) >= 11 is 0. The van der Waals surface area contributed by atoms with Crippen molar-refractivity contribution in [1.82, 2.24) is 20.1 Å². The highest BCUT2D eigenvalue weighted by atomic mass is 19.1. The van der Waals surface area contributed by atoms with Crippen molar-refractivity contribution >= 4 is 0 Å².